The van der Waals surface area contributed by atoms with Crippen molar-refractivity contribution in [2.45, 2.75) is 127 Å². The van der Waals surface area contributed by atoms with Crippen LogP contribution in [0.25, 0.3) is 0 Å². The number of ether oxygens (including phenoxy) is 2. The summed E-state index contributed by atoms with van der Waals surface area (Å²) in [6.45, 7) is 13.5. The summed E-state index contributed by atoms with van der Waals surface area (Å²) >= 11 is 0. The highest BCUT2D eigenvalue weighted by molar-refractivity contribution is 5.49. The van der Waals surface area contributed by atoms with E-state index in [-0.39, 0.29) is 48.6 Å². The number of hydrogen-bond acceptors (Lipinski definition) is 8. The minimum Gasteiger partial charge on any atom is -0.496 e. The van der Waals surface area contributed by atoms with Crippen molar-refractivity contribution >= 4 is 6.41 Å². The number of halogens is 8. The van der Waals surface area contributed by atoms with Crippen LogP contribution in [-0.4, -0.2) is 133 Å². The fraction of sp³-hybridized carbons (Fsp3) is 0.683. The highest BCUT2D eigenvalue weighted by Gasteiger charge is 2.58. The van der Waals surface area contributed by atoms with Crippen molar-refractivity contribution in [1.29, 1.82) is 0 Å². The van der Waals surface area contributed by atoms with E-state index in [1.807, 2.05) is 13.8 Å². The average molecular weight is 841 g/mol. The van der Waals surface area contributed by atoms with Gasteiger partial charge in [-0.1, -0.05) is 27.7 Å². The van der Waals surface area contributed by atoms with Gasteiger partial charge >= 0.3 is 12.4 Å². The first-order valence-corrected chi connectivity index (χ1v) is 19.2. The molecule has 2 aromatic carbocycles. The number of carbonyl (C=O) groups is 1. The molecule has 330 valence electrons. The van der Waals surface area contributed by atoms with Crippen LogP contribution in [0, 0.1) is 11.6 Å². The molecule has 6 unspecified atom stereocenters. The number of carbonyl (C=O) groups excluding carboxylic acids is 1. The highest BCUT2D eigenvalue weighted by atomic mass is 19.4. The standard InChI is InChI=1S/C21H30F4N2O3.C20H30F4N2O2/c1-14-9-26(10-15(2)27(14)13-28)12-20(29,21(23,24)25)11-19(3,4)17-8-16(22)6-7-18(17)30-5;1-13-9-26(10-14(2)25-13)12-19(27,20(22,23)24)11-18(3,4)16-8-15(21)6-7-17(16)28-5/h6-8,13-15,29H,9-12H2,1-5H3;6-8,13-14,25,27H,9-12H2,1-5H3. The van der Waals surface area contributed by atoms with Crippen LogP contribution in [0.15, 0.2) is 36.4 Å². The van der Waals surface area contributed by atoms with Crippen LogP contribution in [0.2, 0.25) is 0 Å². The number of β-amino-alcohol motifs (C(OH)–C–C–N with tert-alkyl or cyclic N) is 2. The minimum atomic E-state index is -4.90. The zero-order valence-corrected chi connectivity index (χ0v) is 35.0. The van der Waals surface area contributed by atoms with Crippen LogP contribution in [0.3, 0.4) is 0 Å². The summed E-state index contributed by atoms with van der Waals surface area (Å²) < 4.78 is 122. The fourth-order valence-electron chi connectivity index (χ4n) is 8.65. The third kappa shape index (κ3) is 11.9. The lowest BCUT2D eigenvalue weighted by Gasteiger charge is -2.46. The predicted octanol–water partition coefficient (Wildman–Crippen LogP) is 6.82. The molecule has 2 aromatic rings. The second-order valence-corrected chi connectivity index (χ2v) is 17.5. The van der Waals surface area contributed by atoms with Gasteiger partial charge in [-0.2, -0.15) is 26.3 Å². The molecule has 0 aromatic heterocycles. The van der Waals surface area contributed by atoms with Crippen LogP contribution in [0.1, 0.15) is 79.4 Å². The topological polar surface area (TPSA) is 97.7 Å². The molecular weight excluding hydrogens is 780 g/mol. The minimum absolute atomic E-state index is 0.0255. The highest BCUT2D eigenvalue weighted by Crippen LogP contribution is 2.46. The van der Waals surface area contributed by atoms with Crippen molar-refractivity contribution in [2.24, 2.45) is 0 Å². The zero-order valence-electron chi connectivity index (χ0n) is 35.0. The molecule has 2 aliphatic rings. The Hall–Kier alpha value is -3.25. The molecule has 0 aliphatic carbocycles. The van der Waals surface area contributed by atoms with Gasteiger partial charge in [-0.25, -0.2) is 8.78 Å². The first kappa shape index (κ1) is 49.1. The van der Waals surface area contributed by atoms with Gasteiger partial charge in [0.1, 0.15) is 23.1 Å². The van der Waals surface area contributed by atoms with Gasteiger partial charge in [-0.3, -0.25) is 14.6 Å². The number of methoxy groups -OCH3 is 2. The number of hydrogen-bond donors (Lipinski definition) is 3. The van der Waals surface area contributed by atoms with Crippen LogP contribution in [-0.2, 0) is 15.6 Å². The Kier molecular flexibility index (Phi) is 15.7. The maximum Gasteiger partial charge on any atom is 0.418 e. The molecule has 2 aliphatic heterocycles. The van der Waals surface area contributed by atoms with E-state index in [2.05, 4.69) is 5.32 Å². The molecule has 17 heteroatoms. The number of nitrogens with zero attached hydrogens (tertiary/aromatic N) is 3. The summed E-state index contributed by atoms with van der Waals surface area (Å²) in [5.74, 6) is -0.612. The Morgan fingerprint density at radius 1 is 0.672 bits per heavy atom. The monoisotopic (exact) mass is 840 g/mol. The molecule has 4 rings (SSSR count). The van der Waals surface area contributed by atoms with Crippen molar-refractivity contribution in [2.75, 3.05) is 53.5 Å². The van der Waals surface area contributed by atoms with Gasteiger partial charge in [-0.15, -0.1) is 0 Å². The van der Waals surface area contributed by atoms with Gasteiger partial charge in [-0.05, 0) is 87.8 Å². The Morgan fingerprint density at radius 3 is 1.33 bits per heavy atom. The number of piperazine rings is 2. The molecule has 1 amide bonds. The van der Waals surface area contributed by atoms with E-state index < -0.39 is 72.0 Å². The summed E-state index contributed by atoms with van der Waals surface area (Å²) in [5, 5.41) is 24.9. The van der Waals surface area contributed by atoms with Gasteiger partial charge in [0, 0.05) is 74.6 Å². The van der Waals surface area contributed by atoms with Crippen molar-refractivity contribution in [3.63, 3.8) is 0 Å². The molecular formula is C41H60F8N4O5. The number of rotatable bonds is 13. The Bertz CT molecular complexity index is 1660. The van der Waals surface area contributed by atoms with E-state index in [1.165, 1.54) is 63.3 Å². The van der Waals surface area contributed by atoms with Crippen molar-refractivity contribution < 1.29 is 59.6 Å². The SMILES string of the molecule is COc1ccc(F)cc1C(C)(C)CC(O)(CN1CC(C)N(C=O)C(C)C1)C(F)(F)F.COc1ccc(F)cc1C(C)(C)CC(O)(CN1CC(C)NC(C)C1)C(F)(F)F. The molecule has 58 heavy (non-hydrogen) atoms. The number of amides is 1. The summed E-state index contributed by atoms with van der Waals surface area (Å²) in [4.78, 5) is 15.9. The lowest BCUT2D eigenvalue weighted by atomic mass is 9.74. The van der Waals surface area contributed by atoms with E-state index in [9.17, 15) is 50.1 Å². The fourth-order valence-corrected chi connectivity index (χ4v) is 8.65. The predicted molar refractivity (Wildman–Crippen MR) is 205 cm³/mol. The second-order valence-electron chi connectivity index (χ2n) is 17.5. The Morgan fingerprint density at radius 2 is 1.02 bits per heavy atom. The Labute approximate surface area is 336 Å². The first-order valence-electron chi connectivity index (χ1n) is 19.2. The van der Waals surface area contributed by atoms with Gasteiger partial charge < -0.3 is 29.9 Å². The summed E-state index contributed by atoms with van der Waals surface area (Å²) in [7, 11) is 2.74. The quantitative estimate of drug-likeness (QED) is 0.150. The van der Waals surface area contributed by atoms with Crippen LogP contribution in [0.5, 0.6) is 11.5 Å². The largest absolute Gasteiger partial charge is 0.496 e. The van der Waals surface area contributed by atoms with Gasteiger partial charge in [0.15, 0.2) is 11.2 Å². The molecule has 2 saturated heterocycles. The summed E-state index contributed by atoms with van der Waals surface area (Å²) in [6.07, 6.45) is -10.3. The van der Waals surface area contributed by atoms with E-state index in [4.69, 9.17) is 9.47 Å². The van der Waals surface area contributed by atoms with Crippen LogP contribution < -0.4 is 14.8 Å². The van der Waals surface area contributed by atoms with Crippen molar-refractivity contribution in [3.05, 3.63) is 59.2 Å². The third-order valence-electron chi connectivity index (χ3n) is 11.1. The molecule has 2 heterocycles. The zero-order chi connectivity index (χ0) is 44.2. The Balaban J connectivity index is 0.000000311. The number of benzene rings is 2. The molecule has 0 spiro atoms. The molecule has 3 N–H and O–H groups in total. The van der Waals surface area contributed by atoms with Gasteiger partial charge in [0.25, 0.3) is 0 Å². The van der Waals surface area contributed by atoms with Crippen molar-refractivity contribution in [3.8, 4) is 11.5 Å². The van der Waals surface area contributed by atoms with Gasteiger partial charge in [0.2, 0.25) is 6.41 Å². The lowest BCUT2D eigenvalue weighted by Crippen LogP contribution is -2.62. The summed E-state index contributed by atoms with van der Waals surface area (Å²) in [5.41, 5.74) is -7.84. The van der Waals surface area contributed by atoms with E-state index in [0.29, 0.717) is 30.8 Å². The number of alkyl halides is 6. The third-order valence-corrected chi connectivity index (χ3v) is 11.1. The van der Waals surface area contributed by atoms with Gasteiger partial charge in [0.05, 0.1) is 14.2 Å². The lowest BCUT2D eigenvalue weighted by molar-refractivity contribution is -0.273. The van der Waals surface area contributed by atoms with Crippen LogP contribution >= 0.6 is 0 Å². The smallest absolute Gasteiger partial charge is 0.418 e. The normalized spacial score (nSPS) is 23.6. The van der Waals surface area contributed by atoms with E-state index in [1.54, 1.807) is 37.5 Å². The molecule has 0 radical (unpaired) electrons. The molecule has 6 atom stereocenters. The van der Waals surface area contributed by atoms with Crippen molar-refractivity contribution in [1.82, 2.24) is 20.0 Å². The molecule has 9 nitrogen and oxygen atoms in total. The number of aliphatic hydroxyl groups is 2. The number of nitrogens with one attached hydrogen (secondary N) is 1. The molecule has 2 fully saturated rings. The first-order chi connectivity index (χ1) is 26.5. The maximum atomic E-state index is 14.1. The maximum absolute atomic E-state index is 14.1. The average Bonchev–Trinajstić information content (AvgIpc) is 3.06. The molecule has 0 bridgehead atoms. The summed E-state index contributed by atoms with van der Waals surface area (Å²) in [6, 6.07) is 6.92. The molecule has 0 saturated carbocycles. The van der Waals surface area contributed by atoms with E-state index >= 15 is 0 Å². The van der Waals surface area contributed by atoms with E-state index in [0.717, 1.165) is 6.07 Å². The van der Waals surface area contributed by atoms with Crippen LogP contribution in [0.4, 0.5) is 35.1 Å². The second kappa shape index (κ2) is 18.6.